The van der Waals surface area contributed by atoms with Crippen molar-refractivity contribution >= 4 is 5.97 Å². The minimum absolute atomic E-state index is 0.0198. The lowest BCUT2D eigenvalue weighted by atomic mass is 9.73. The molecule has 1 saturated carbocycles. The number of methoxy groups -OCH3 is 1. The second kappa shape index (κ2) is 5.94. The van der Waals surface area contributed by atoms with Crippen LogP contribution in [0.5, 0.6) is 0 Å². The molecule has 0 spiro atoms. The van der Waals surface area contributed by atoms with Gasteiger partial charge < -0.3 is 30.3 Å². The van der Waals surface area contributed by atoms with Crippen molar-refractivity contribution in [2.45, 2.75) is 43.2 Å². The van der Waals surface area contributed by atoms with Crippen LogP contribution in [0.1, 0.15) is 19.3 Å². The molecule has 106 valence electrons. The van der Waals surface area contributed by atoms with Gasteiger partial charge in [-0.25, -0.2) is 4.79 Å². The second-order valence-corrected chi connectivity index (χ2v) is 4.82. The van der Waals surface area contributed by atoms with Gasteiger partial charge in [0.1, 0.15) is 0 Å². The van der Waals surface area contributed by atoms with Gasteiger partial charge in [0.05, 0.1) is 32.0 Å². The van der Waals surface area contributed by atoms with Crippen LogP contribution in [-0.2, 0) is 9.53 Å². The molecule has 18 heavy (non-hydrogen) atoms. The summed E-state index contributed by atoms with van der Waals surface area (Å²) < 4.78 is 4.46. The van der Waals surface area contributed by atoms with Gasteiger partial charge in [-0.05, 0) is 18.8 Å². The van der Waals surface area contributed by atoms with Crippen molar-refractivity contribution in [1.29, 1.82) is 0 Å². The molecule has 0 heterocycles. The molecule has 0 amide bonds. The summed E-state index contributed by atoms with van der Waals surface area (Å²) in [5.74, 6) is -1.57. The molecule has 0 aromatic rings. The zero-order chi connectivity index (χ0) is 13.9. The molecule has 1 fully saturated rings. The molecule has 0 aromatic heterocycles. The number of ether oxygens (including phenoxy) is 1. The number of aliphatic hydroxyl groups excluding tert-OH is 4. The molecular formula is C11H20O7. The SMILES string of the molecule is COC(=O)[C@]1(O)C[C@H](CC(O)CO)[C@@H](O)[C@H](O)C1. The number of aliphatic hydroxyl groups is 5. The smallest absolute Gasteiger partial charge is 0.337 e. The lowest BCUT2D eigenvalue weighted by Crippen LogP contribution is -2.54. The predicted molar refractivity (Wildman–Crippen MR) is 59.4 cm³/mol. The predicted octanol–water partition coefficient (Wildman–Crippen LogP) is -2.23. The Hall–Kier alpha value is -0.730. The fraction of sp³-hybridized carbons (Fsp3) is 0.909. The third-order valence-electron chi connectivity index (χ3n) is 3.37. The van der Waals surface area contributed by atoms with Crippen LogP contribution in [0.25, 0.3) is 0 Å². The highest BCUT2D eigenvalue weighted by Gasteiger charge is 2.49. The van der Waals surface area contributed by atoms with Crippen molar-refractivity contribution in [2.75, 3.05) is 13.7 Å². The van der Waals surface area contributed by atoms with E-state index in [4.69, 9.17) is 5.11 Å². The Morgan fingerprint density at radius 1 is 1.44 bits per heavy atom. The lowest BCUT2D eigenvalue weighted by molar-refractivity contribution is -0.184. The maximum Gasteiger partial charge on any atom is 0.337 e. The van der Waals surface area contributed by atoms with E-state index in [1.807, 2.05) is 0 Å². The molecule has 1 rings (SSSR count). The molecule has 7 nitrogen and oxygen atoms in total. The average molecular weight is 264 g/mol. The van der Waals surface area contributed by atoms with Gasteiger partial charge in [0, 0.05) is 6.42 Å². The Labute approximate surface area is 105 Å². The monoisotopic (exact) mass is 264 g/mol. The fourth-order valence-electron chi connectivity index (χ4n) is 2.42. The van der Waals surface area contributed by atoms with E-state index in [2.05, 4.69) is 4.74 Å². The minimum atomic E-state index is -1.87. The van der Waals surface area contributed by atoms with Gasteiger partial charge in [-0.3, -0.25) is 0 Å². The standard InChI is InChI=1S/C11H20O7/c1-18-10(16)11(17)3-6(2-7(13)5-12)9(15)8(14)4-11/h6-9,12-15,17H,2-5H2,1H3/t6-,7?,8+,9+,11-/m0/s1. The summed E-state index contributed by atoms with van der Waals surface area (Å²) >= 11 is 0. The van der Waals surface area contributed by atoms with Gasteiger partial charge >= 0.3 is 5.97 Å². The van der Waals surface area contributed by atoms with E-state index in [1.165, 1.54) is 0 Å². The second-order valence-electron chi connectivity index (χ2n) is 4.82. The molecular weight excluding hydrogens is 244 g/mol. The largest absolute Gasteiger partial charge is 0.467 e. The number of carbonyl (C=O) groups is 1. The highest BCUT2D eigenvalue weighted by atomic mass is 16.5. The normalized spacial score (nSPS) is 38.2. The van der Waals surface area contributed by atoms with Gasteiger partial charge in [-0.15, -0.1) is 0 Å². The Morgan fingerprint density at radius 3 is 2.56 bits per heavy atom. The van der Waals surface area contributed by atoms with Crippen LogP contribution in [0.2, 0.25) is 0 Å². The van der Waals surface area contributed by atoms with E-state index >= 15 is 0 Å². The van der Waals surface area contributed by atoms with E-state index in [-0.39, 0.29) is 19.3 Å². The third kappa shape index (κ3) is 3.18. The molecule has 5 atom stereocenters. The first kappa shape index (κ1) is 15.3. The van der Waals surface area contributed by atoms with Crippen molar-refractivity contribution in [3.8, 4) is 0 Å². The maximum absolute atomic E-state index is 11.5. The Kier molecular flexibility index (Phi) is 5.06. The zero-order valence-corrected chi connectivity index (χ0v) is 10.2. The van der Waals surface area contributed by atoms with Crippen molar-refractivity contribution in [3.63, 3.8) is 0 Å². The molecule has 1 aliphatic rings. The van der Waals surface area contributed by atoms with Gasteiger partial charge in [0.25, 0.3) is 0 Å². The number of carbonyl (C=O) groups excluding carboxylic acids is 1. The van der Waals surface area contributed by atoms with Crippen molar-refractivity contribution < 1.29 is 35.1 Å². The van der Waals surface area contributed by atoms with Crippen LogP contribution in [0.3, 0.4) is 0 Å². The Balaban J connectivity index is 2.80. The number of hydrogen-bond donors (Lipinski definition) is 5. The number of rotatable bonds is 4. The molecule has 7 heteroatoms. The highest BCUT2D eigenvalue weighted by Crippen LogP contribution is 2.36. The first-order valence-corrected chi connectivity index (χ1v) is 5.80. The fourth-order valence-corrected chi connectivity index (χ4v) is 2.42. The zero-order valence-electron chi connectivity index (χ0n) is 10.2. The van der Waals surface area contributed by atoms with Crippen LogP contribution in [0.15, 0.2) is 0 Å². The number of esters is 1. The van der Waals surface area contributed by atoms with Gasteiger partial charge in [0.15, 0.2) is 5.60 Å². The van der Waals surface area contributed by atoms with Gasteiger partial charge in [-0.2, -0.15) is 0 Å². The van der Waals surface area contributed by atoms with Crippen LogP contribution >= 0.6 is 0 Å². The van der Waals surface area contributed by atoms with E-state index < -0.39 is 42.4 Å². The first-order chi connectivity index (χ1) is 8.34. The maximum atomic E-state index is 11.5. The Morgan fingerprint density at radius 2 is 2.06 bits per heavy atom. The van der Waals surface area contributed by atoms with E-state index in [0.717, 1.165) is 7.11 Å². The molecule has 0 saturated heterocycles. The lowest BCUT2D eigenvalue weighted by Gasteiger charge is -2.41. The van der Waals surface area contributed by atoms with Gasteiger partial charge in [0.2, 0.25) is 0 Å². The molecule has 0 radical (unpaired) electrons. The summed E-state index contributed by atoms with van der Waals surface area (Å²) in [6.45, 7) is -0.490. The molecule has 1 aliphatic carbocycles. The van der Waals surface area contributed by atoms with Crippen molar-refractivity contribution in [1.82, 2.24) is 0 Å². The van der Waals surface area contributed by atoms with Crippen LogP contribution in [-0.4, -0.2) is 69.1 Å². The van der Waals surface area contributed by atoms with E-state index in [0.29, 0.717) is 0 Å². The summed E-state index contributed by atoms with van der Waals surface area (Å²) in [6.07, 6.45) is -3.97. The first-order valence-electron chi connectivity index (χ1n) is 5.80. The third-order valence-corrected chi connectivity index (χ3v) is 3.37. The minimum Gasteiger partial charge on any atom is -0.467 e. The average Bonchev–Trinajstić information content (AvgIpc) is 2.34. The van der Waals surface area contributed by atoms with Crippen molar-refractivity contribution in [2.24, 2.45) is 5.92 Å². The van der Waals surface area contributed by atoms with E-state index in [1.54, 1.807) is 0 Å². The molecule has 0 bridgehead atoms. The molecule has 5 N–H and O–H groups in total. The van der Waals surface area contributed by atoms with Crippen LogP contribution in [0, 0.1) is 5.92 Å². The molecule has 0 aliphatic heterocycles. The quantitative estimate of drug-likeness (QED) is 0.363. The topological polar surface area (TPSA) is 127 Å². The summed E-state index contributed by atoms with van der Waals surface area (Å²) in [7, 11) is 1.12. The van der Waals surface area contributed by atoms with Crippen LogP contribution in [0.4, 0.5) is 0 Å². The molecule has 1 unspecified atom stereocenters. The van der Waals surface area contributed by atoms with Crippen LogP contribution < -0.4 is 0 Å². The summed E-state index contributed by atoms with van der Waals surface area (Å²) in [4.78, 5) is 11.5. The summed E-state index contributed by atoms with van der Waals surface area (Å²) in [5, 5.41) is 47.6. The Bertz CT molecular complexity index is 295. The van der Waals surface area contributed by atoms with E-state index in [9.17, 15) is 25.2 Å². The summed E-state index contributed by atoms with van der Waals surface area (Å²) in [5.41, 5.74) is -1.87. The van der Waals surface area contributed by atoms with Gasteiger partial charge in [-0.1, -0.05) is 0 Å². The summed E-state index contributed by atoms with van der Waals surface area (Å²) in [6, 6.07) is 0. The number of hydrogen-bond acceptors (Lipinski definition) is 7. The van der Waals surface area contributed by atoms with Crippen molar-refractivity contribution in [3.05, 3.63) is 0 Å². The highest BCUT2D eigenvalue weighted by molar-refractivity contribution is 5.79. The molecule has 0 aromatic carbocycles.